The van der Waals surface area contributed by atoms with Crippen LogP contribution in [0.25, 0.3) is 0 Å². The number of nitrogens with zero attached hydrogens (tertiary/aromatic N) is 1. The maximum atomic E-state index is 5.43. The van der Waals surface area contributed by atoms with E-state index in [2.05, 4.69) is 10.3 Å². The fourth-order valence-corrected chi connectivity index (χ4v) is 1.21. The summed E-state index contributed by atoms with van der Waals surface area (Å²) in [6, 6.07) is 7.78. The first kappa shape index (κ1) is 11.4. The number of benzene rings is 1. The topological polar surface area (TPSA) is 59.6 Å². The molecule has 3 N–H and O–H groups in total. The second-order valence-electron chi connectivity index (χ2n) is 3.15. The Morgan fingerprint density at radius 3 is 2.87 bits per heavy atom. The lowest BCUT2D eigenvalue weighted by Crippen LogP contribution is -2.11. The van der Waals surface area contributed by atoms with E-state index in [0.29, 0.717) is 12.4 Å². The van der Waals surface area contributed by atoms with Crippen LogP contribution in [0, 0.1) is 0 Å². The number of rotatable bonds is 5. The summed E-state index contributed by atoms with van der Waals surface area (Å²) in [4.78, 5) is 4.09. The predicted octanol–water partition coefficient (Wildman–Crippen LogP) is 1.48. The summed E-state index contributed by atoms with van der Waals surface area (Å²) in [5.74, 6) is 1.45. The van der Waals surface area contributed by atoms with Crippen molar-refractivity contribution in [2.75, 3.05) is 25.5 Å². The summed E-state index contributed by atoms with van der Waals surface area (Å²) in [7, 11) is 1.66. The lowest BCUT2D eigenvalue weighted by atomic mass is 10.3. The maximum absolute atomic E-state index is 5.43. The van der Waals surface area contributed by atoms with Crippen molar-refractivity contribution in [3.63, 3.8) is 0 Å². The molecule has 0 spiro atoms. The largest absolute Gasteiger partial charge is 0.495 e. The van der Waals surface area contributed by atoms with Gasteiger partial charge >= 0.3 is 0 Å². The van der Waals surface area contributed by atoms with Crippen LogP contribution in [0.5, 0.6) is 5.75 Å². The fraction of sp³-hybridized carbons (Fsp3) is 0.364. The summed E-state index contributed by atoms with van der Waals surface area (Å²) in [6.07, 6.45) is 0. The molecular formula is C11H17N3O. The molecule has 0 bridgehead atoms. The number of ether oxygens (including phenoxy) is 1. The van der Waals surface area contributed by atoms with Crippen molar-refractivity contribution in [3.8, 4) is 5.75 Å². The van der Waals surface area contributed by atoms with Gasteiger partial charge in [-0.3, -0.25) is 4.99 Å². The first-order valence-electron chi connectivity index (χ1n) is 4.87. The Kier molecular flexibility index (Phi) is 4.47. The normalized spacial score (nSPS) is 11.2. The Balaban J connectivity index is 2.46. The van der Waals surface area contributed by atoms with Crippen molar-refractivity contribution in [2.45, 2.75) is 6.92 Å². The lowest BCUT2D eigenvalue weighted by molar-refractivity contribution is 0.416. The minimum atomic E-state index is 0.608. The van der Waals surface area contributed by atoms with E-state index in [1.165, 1.54) is 0 Å². The van der Waals surface area contributed by atoms with Gasteiger partial charge in [-0.1, -0.05) is 12.1 Å². The molecule has 0 aromatic heterocycles. The van der Waals surface area contributed by atoms with Gasteiger partial charge in [0.1, 0.15) is 5.75 Å². The molecule has 1 aromatic carbocycles. The van der Waals surface area contributed by atoms with Crippen LogP contribution in [0.3, 0.4) is 0 Å². The molecule has 0 heterocycles. The van der Waals surface area contributed by atoms with Crippen LogP contribution in [0.1, 0.15) is 6.92 Å². The fourth-order valence-electron chi connectivity index (χ4n) is 1.21. The standard InChI is InChI=1S/C11H17N3O/c1-9(12)13-7-8-14-10-5-3-4-6-11(10)15-2/h3-6,14H,7-8H2,1-2H3,(H2,12,13). The van der Waals surface area contributed by atoms with Crippen LogP contribution >= 0.6 is 0 Å². The third-order valence-electron chi connectivity index (χ3n) is 1.90. The average Bonchev–Trinajstić information content (AvgIpc) is 2.24. The van der Waals surface area contributed by atoms with Gasteiger partial charge in [-0.25, -0.2) is 0 Å². The van der Waals surface area contributed by atoms with E-state index >= 15 is 0 Å². The van der Waals surface area contributed by atoms with Crippen molar-refractivity contribution in [3.05, 3.63) is 24.3 Å². The van der Waals surface area contributed by atoms with Crippen LogP contribution in [0.15, 0.2) is 29.3 Å². The summed E-state index contributed by atoms with van der Waals surface area (Å²) < 4.78 is 5.20. The summed E-state index contributed by atoms with van der Waals surface area (Å²) >= 11 is 0. The molecule has 0 saturated carbocycles. The number of anilines is 1. The van der Waals surface area contributed by atoms with Gasteiger partial charge in [-0.15, -0.1) is 0 Å². The van der Waals surface area contributed by atoms with Crippen molar-refractivity contribution in [2.24, 2.45) is 10.7 Å². The molecule has 0 unspecified atom stereocenters. The summed E-state index contributed by atoms with van der Waals surface area (Å²) in [5, 5.41) is 3.23. The van der Waals surface area contributed by atoms with Crippen molar-refractivity contribution >= 4 is 11.5 Å². The highest BCUT2D eigenvalue weighted by Crippen LogP contribution is 2.22. The quantitative estimate of drug-likeness (QED) is 0.437. The Morgan fingerprint density at radius 2 is 2.20 bits per heavy atom. The second-order valence-corrected chi connectivity index (χ2v) is 3.15. The molecule has 0 atom stereocenters. The molecular weight excluding hydrogens is 190 g/mol. The van der Waals surface area contributed by atoms with Crippen LogP contribution in [-0.2, 0) is 0 Å². The van der Waals surface area contributed by atoms with Gasteiger partial charge in [0.2, 0.25) is 0 Å². The van der Waals surface area contributed by atoms with E-state index in [9.17, 15) is 0 Å². The van der Waals surface area contributed by atoms with Crippen LogP contribution in [-0.4, -0.2) is 26.0 Å². The Bertz CT molecular complexity index is 332. The van der Waals surface area contributed by atoms with Gasteiger partial charge < -0.3 is 15.8 Å². The molecule has 4 nitrogen and oxygen atoms in total. The maximum Gasteiger partial charge on any atom is 0.141 e. The van der Waals surface area contributed by atoms with E-state index in [0.717, 1.165) is 18.0 Å². The first-order chi connectivity index (χ1) is 7.24. The highest BCUT2D eigenvalue weighted by molar-refractivity contribution is 5.77. The van der Waals surface area contributed by atoms with Crippen LogP contribution in [0.4, 0.5) is 5.69 Å². The molecule has 0 aliphatic heterocycles. The van der Waals surface area contributed by atoms with Crippen molar-refractivity contribution in [1.82, 2.24) is 0 Å². The predicted molar refractivity (Wildman–Crippen MR) is 63.6 cm³/mol. The molecule has 0 saturated heterocycles. The molecule has 0 aliphatic carbocycles. The van der Waals surface area contributed by atoms with E-state index in [4.69, 9.17) is 10.5 Å². The van der Waals surface area contributed by atoms with Gasteiger partial charge in [0.25, 0.3) is 0 Å². The van der Waals surface area contributed by atoms with Gasteiger partial charge in [-0.05, 0) is 19.1 Å². The van der Waals surface area contributed by atoms with Crippen LogP contribution in [0.2, 0.25) is 0 Å². The second kappa shape index (κ2) is 5.90. The number of hydrogen-bond donors (Lipinski definition) is 2. The van der Waals surface area contributed by atoms with E-state index in [-0.39, 0.29) is 0 Å². The summed E-state index contributed by atoms with van der Waals surface area (Å²) in [6.45, 7) is 3.19. The SMILES string of the molecule is COc1ccccc1NCCN=C(C)N. The minimum Gasteiger partial charge on any atom is -0.495 e. The highest BCUT2D eigenvalue weighted by Gasteiger charge is 1.98. The van der Waals surface area contributed by atoms with Crippen LogP contribution < -0.4 is 15.8 Å². The van der Waals surface area contributed by atoms with E-state index in [1.54, 1.807) is 14.0 Å². The zero-order chi connectivity index (χ0) is 11.1. The number of hydrogen-bond acceptors (Lipinski definition) is 3. The van der Waals surface area contributed by atoms with Gasteiger partial charge in [0.15, 0.2) is 0 Å². The number of methoxy groups -OCH3 is 1. The molecule has 15 heavy (non-hydrogen) atoms. The number of nitrogens with two attached hydrogens (primary N) is 1. The van der Waals surface area contributed by atoms with Gasteiger partial charge in [0, 0.05) is 6.54 Å². The molecule has 1 rings (SSSR count). The molecule has 0 radical (unpaired) electrons. The third kappa shape index (κ3) is 3.89. The number of nitrogens with one attached hydrogen (secondary N) is 1. The zero-order valence-corrected chi connectivity index (χ0v) is 9.16. The lowest BCUT2D eigenvalue weighted by Gasteiger charge is -2.09. The Labute approximate surface area is 90.2 Å². The zero-order valence-electron chi connectivity index (χ0n) is 9.16. The molecule has 0 aliphatic rings. The Morgan fingerprint density at radius 1 is 1.47 bits per heavy atom. The monoisotopic (exact) mass is 207 g/mol. The van der Waals surface area contributed by atoms with E-state index < -0.39 is 0 Å². The third-order valence-corrected chi connectivity index (χ3v) is 1.90. The Hall–Kier alpha value is -1.71. The average molecular weight is 207 g/mol. The molecule has 4 heteroatoms. The van der Waals surface area contributed by atoms with Crippen molar-refractivity contribution < 1.29 is 4.74 Å². The number of para-hydroxylation sites is 2. The molecule has 1 aromatic rings. The molecule has 0 amide bonds. The van der Waals surface area contributed by atoms with Gasteiger partial charge in [-0.2, -0.15) is 0 Å². The number of aliphatic imine (C=N–C) groups is 1. The first-order valence-corrected chi connectivity index (χ1v) is 4.87. The van der Waals surface area contributed by atoms with Crippen molar-refractivity contribution in [1.29, 1.82) is 0 Å². The molecule has 0 fully saturated rings. The van der Waals surface area contributed by atoms with Gasteiger partial charge in [0.05, 0.1) is 25.2 Å². The number of amidine groups is 1. The summed E-state index contributed by atoms with van der Waals surface area (Å²) in [5.41, 5.74) is 6.40. The molecule has 82 valence electrons. The smallest absolute Gasteiger partial charge is 0.141 e. The highest BCUT2D eigenvalue weighted by atomic mass is 16.5. The van der Waals surface area contributed by atoms with E-state index in [1.807, 2.05) is 24.3 Å². The minimum absolute atomic E-state index is 0.608.